The summed E-state index contributed by atoms with van der Waals surface area (Å²) in [6.07, 6.45) is 19.5. The zero-order valence-corrected chi connectivity index (χ0v) is 31.1. The lowest BCUT2D eigenvalue weighted by atomic mass is 9.87. The Hall–Kier alpha value is -3.20. The third-order valence-electron chi connectivity index (χ3n) is 8.48. The molecule has 0 amide bonds. The highest BCUT2D eigenvalue weighted by Crippen LogP contribution is 2.30. The van der Waals surface area contributed by atoms with Gasteiger partial charge in [0, 0.05) is 38.3 Å². The van der Waals surface area contributed by atoms with Crippen LogP contribution in [0.25, 0.3) is 11.1 Å². The van der Waals surface area contributed by atoms with Crippen LogP contribution in [-0.2, 0) is 9.59 Å². The maximum absolute atomic E-state index is 9.55. The molecule has 3 aliphatic rings. The number of nitrogens with zero attached hydrogens (tertiary/aromatic N) is 6. The predicted molar refractivity (Wildman–Crippen MR) is 195 cm³/mol. The van der Waals surface area contributed by atoms with Crippen molar-refractivity contribution in [3.05, 3.63) is 35.7 Å². The van der Waals surface area contributed by atoms with Gasteiger partial charge in [-0.15, -0.1) is 8.75 Å². The second-order valence-corrected chi connectivity index (χ2v) is 14.3. The second-order valence-electron chi connectivity index (χ2n) is 13.2. The fraction of sp³-hybridized carbons (Fsp3) is 0.657. The van der Waals surface area contributed by atoms with Gasteiger partial charge in [0.2, 0.25) is 0 Å². The second kappa shape index (κ2) is 22.5. The van der Waals surface area contributed by atoms with Crippen molar-refractivity contribution in [3.8, 4) is 11.8 Å². The van der Waals surface area contributed by atoms with E-state index in [0.29, 0.717) is 12.2 Å². The molecule has 1 fully saturated rings. The van der Waals surface area contributed by atoms with E-state index in [-0.39, 0.29) is 0 Å². The molecule has 14 heteroatoms. The van der Waals surface area contributed by atoms with Gasteiger partial charge in [-0.3, -0.25) is 0 Å². The Morgan fingerprint density at radius 3 is 1.80 bits per heavy atom. The van der Waals surface area contributed by atoms with Crippen LogP contribution in [0.1, 0.15) is 95.9 Å². The van der Waals surface area contributed by atoms with Gasteiger partial charge in [0.15, 0.2) is 0 Å². The van der Waals surface area contributed by atoms with E-state index in [9.17, 15) is 9.59 Å². The minimum absolute atomic E-state index is 0.558. The first-order chi connectivity index (χ1) is 23.6. The molecule has 272 valence electrons. The molecule has 0 saturated heterocycles. The monoisotopic (exact) mass is 718 g/mol. The zero-order valence-electron chi connectivity index (χ0n) is 29.5. The average molecular weight is 719 g/mol. The Labute approximate surface area is 299 Å². The van der Waals surface area contributed by atoms with Crippen LogP contribution < -0.4 is 9.47 Å². The van der Waals surface area contributed by atoms with Crippen LogP contribution in [0.2, 0.25) is 0 Å². The molecule has 1 saturated carbocycles. The molecule has 2 aromatic rings. The summed E-state index contributed by atoms with van der Waals surface area (Å²) in [6, 6.07) is 0. The number of unbranched alkanes of at least 4 members (excludes halogenated alkanes) is 1. The van der Waals surface area contributed by atoms with Crippen molar-refractivity contribution in [1.82, 2.24) is 27.3 Å². The van der Waals surface area contributed by atoms with Gasteiger partial charge < -0.3 is 29.5 Å². The fourth-order valence-corrected chi connectivity index (χ4v) is 6.90. The highest BCUT2D eigenvalue weighted by Gasteiger charge is 2.20. The van der Waals surface area contributed by atoms with Gasteiger partial charge in [-0.25, -0.2) is 9.59 Å². The third kappa shape index (κ3) is 15.9. The summed E-state index contributed by atoms with van der Waals surface area (Å²) in [4.78, 5) is 23.7. The van der Waals surface area contributed by atoms with Gasteiger partial charge in [0.25, 0.3) is 11.8 Å². The summed E-state index contributed by atoms with van der Waals surface area (Å²) in [6.45, 7) is 10.2. The van der Waals surface area contributed by atoms with E-state index in [0.717, 1.165) is 100 Å². The number of aromatic nitrogens is 4. The summed E-state index contributed by atoms with van der Waals surface area (Å²) in [5.74, 6) is 0.585. The predicted octanol–water partition coefficient (Wildman–Crippen LogP) is 6.78. The van der Waals surface area contributed by atoms with E-state index in [1.807, 2.05) is 0 Å². The van der Waals surface area contributed by atoms with Crippen molar-refractivity contribution in [2.45, 2.75) is 84.5 Å². The van der Waals surface area contributed by atoms with E-state index in [2.05, 4.69) is 67.4 Å². The Bertz CT molecular complexity index is 1350. The number of ether oxygens (including phenoxy) is 2. The van der Waals surface area contributed by atoms with Gasteiger partial charge in [-0.2, -0.15) is 8.75 Å². The Morgan fingerprint density at radius 2 is 1.33 bits per heavy atom. The SMILES string of the molecule is CC(C)CCCCOc1nsnc1C1=CCCN(C)C1.CN1CCC=C(c2nsnc2OCCC2CCCCC2)C1.O=C(O)C=CC(=O)O. The van der Waals surface area contributed by atoms with Crippen molar-refractivity contribution in [1.29, 1.82) is 0 Å². The Morgan fingerprint density at radius 1 is 0.816 bits per heavy atom. The first kappa shape index (κ1) is 40.2. The van der Waals surface area contributed by atoms with Gasteiger partial charge >= 0.3 is 11.9 Å². The van der Waals surface area contributed by atoms with Crippen LogP contribution in [-0.4, -0.2) is 103 Å². The number of rotatable bonds is 14. The maximum atomic E-state index is 9.55. The van der Waals surface area contributed by atoms with Crippen molar-refractivity contribution in [2.24, 2.45) is 11.8 Å². The highest BCUT2D eigenvalue weighted by atomic mass is 32.1. The lowest BCUT2D eigenvalue weighted by molar-refractivity contribution is -0.134. The van der Waals surface area contributed by atoms with Crippen molar-refractivity contribution < 1.29 is 29.3 Å². The van der Waals surface area contributed by atoms with Crippen molar-refractivity contribution in [2.75, 3.05) is 53.5 Å². The number of hydrogen-bond donors (Lipinski definition) is 2. The van der Waals surface area contributed by atoms with Crippen LogP contribution in [0.5, 0.6) is 11.8 Å². The van der Waals surface area contributed by atoms with E-state index < -0.39 is 11.9 Å². The summed E-state index contributed by atoms with van der Waals surface area (Å²) in [5, 5.41) is 15.6. The minimum atomic E-state index is -1.26. The third-order valence-corrected chi connectivity index (χ3v) is 9.50. The summed E-state index contributed by atoms with van der Waals surface area (Å²) < 4.78 is 29.3. The summed E-state index contributed by atoms with van der Waals surface area (Å²) in [7, 11) is 4.29. The minimum Gasteiger partial charge on any atom is -0.478 e. The number of carboxylic acid groups (broad SMARTS) is 2. The quantitative estimate of drug-likeness (QED) is 0.157. The number of carboxylic acids is 2. The molecular weight excluding hydrogens is 665 g/mol. The fourth-order valence-electron chi connectivity index (χ4n) is 5.84. The smallest absolute Gasteiger partial charge is 0.328 e. The molecule has 0 spiro atoms. The van der Waals surface area contributed by atoms with E-state index in [1.165, 1.54) is 79.5 Å². The molecule has 1 aliphatic carbocycles. The van der Waals surface area contributed by atoms with Crippen molar-refractivity contribution in [3.63, 3.8) is 0 Å². The van der Waals surface area contributed by atoms with Crippen LogP contribution in [0.15, 0.2) is 24.3 Å². The largest absolute Gasteiger partial charge is 0.478 e. The molecule has 2 aromatic heterocycles. The van der Waals surface area contributed by atoms with Crippen LogP contribution in [0.4, 0.5) is 0 Å². The van der Waals surface area contributed by atoms with Crippen molar-refractivity contribution >= 4 is 46.5 Å². The van der Waals surface area contributed by atoms with Gasteiger partial charge in [-0.05, 0) is 69.2 Å². The number of aliphatic carboxylic acids is 2. The lowest BCUT2D eigenvalue weighted by Gasteiger charge is -2.22. The molecule has 4 heterocycles. The highest BCUT2D eigenvalue weighted by molar-refractivity contribution is 6.99. The van der Waals surface area contributed by atoms with E-state index in [4.69, 9.17) is 19.7 Å². The first-order valence-corrected chi connectivity index (χ1v) is 18.9. The molecule has 49 heavy (non-hydrogen) atoms. The number of hydrogen-bond acceptors (Lipinski definition) is 12. The standard InChI is InChI=1S/C16H25N3OS.C15H25N3OS.C4H4O4/c1-19-10-5-8-14(12-19)15-16(18-21-17-15)20-11-9-13-6-3-2-4-7-13;1-12(2)7-4-5-10-19-15-14(16-20-17-15)13-8-6-9-18(3)11-13;5-3(6)1-2-4(7)8/h8,13H,2-7,9-12H2,1H3;8,12H,4-7,9-11H2,1-3H3;1-2H,(H,5,6)(H,7,8). The molecule has 0 radical (unpaired) electrons. The number of likely N-dealkylation sites (N-methyl/N-ethyl adjacent to an activating group) is 2. The summed E-state index contributed by atoms with van der Waals surface area (Å²) >= 11 is 2.51. The van der Waals surface area contributed by atoms with Crippen LogP contribution in [0, 0.1) is 11.8 Å². The molecular formula is C35H54N6O6S2. The molecule has 0 unspecified atom stereocenters. The van der Waals surface area contributed by atoms with Gasteiger partial charge in [0.05, 0.1) is 36.7 Å². The van der Waals surface area contributed by atoms with Gasteiger partial charge in [0.1, 0.15) is 11.4 Å². The summed E-state index contributed by atoms with van der Waals surface area (Å²) in [5.41, 5.74) is 4.44. The lowest BCUT2D eigenvalue weighted by Crippen LogP contribution is -2.25. The molecule has 0 atom stereocenters. The molecule has 2 N–H and O–H groups in total. The van der Waals surface area contributed by atoms with Gasteiger partial charge in [-0.1, -0.05) is 64.5 Å². The van der Waals surface area contributed by atoms with Crippen LogP contribution >= 0.6 is 23.5 Å². The normalized spacial score (nSPS) is 17.4. The topological polar surface area (TPSA) is 151 Å². The Balaban J connectivity index is 0.000000219. The average Bonchev–Trinajstić information content (AvgIpc) is 3.75. The number of carbonyl (C=O) groups is 2. The molecule has 0 bridgehead atoms. The molecule has 0 aromatic carbocycles. The maximum Gasteiger partial charge on any atom is 0.328 e. The van der Waals surface area contributed by atoms with Crippen LogP contribution in [0.3, 0.4) is 0 Å². The van der Waals surface area contributed by atoms with E-state index >= 15 is 0 Å². The first-order valence-electron chi connectivity index (χ1n) is 17.4. The molecule has 2 aliphatic heterocycles. The zero-order chi connectivity index (χ0) is 35.4. The molecule has 12 nitrogen and oxygen atoms in total. The van der Waals surface area contributed by atoms with E-state index in [1.54, 1.807) is 0 Å². The Kier molecular flexibility index (Phi) is 18.5. The molecule has 5 rings (SSSR count).